The Bertz CT molecular complexity index is 291. The van der Waals surface area contributed by atoms with Gasteiger partial charge in [0.15, 0.2) is 0 Å². The van der Waals surface area contributed by atoms with Crippen molar-refractivity contribution >= 4 is 31.9 Å². The summed E-state index contributed by atoms with van der Waals surface area (Å²) in [6.07, 6.45) is 0. The Morgan fingerprint density at radius 2 is 2.00 bits per heavy atom. The monoisotopic (exact) mass is 294 g/mol. The van der Waals surface area contributed by atoms with Crippen molar-refractivity contribution in [2.24, 2.45) is 5.84 Å². The quantitative estimate of drug-likeness (QED) is 0.577. The Balaban J connectivity index is 3.05. The Labute approximate surface area is 87.2 Å². The number of aromatic hydroxyl groups is 1. The van der Waals surface area contributed by atoms with Crippen molar-refractivity contribution in [3.05, 3.63) is 26.6 Å². The van der Waals surface area contributed by atoms with E-state index in [1.165, 1.54) is 0 Å². The minimum absolute atomic E-state index is 0.212. The second-order valence-corrected chi connectivity index (χ2v) is 3.98. The van der Waals surface area contributed by atoms with Gasteiger partial charge >= 0.3 is 0 Å². The lowest BCUT2D eigenvalue weighted by Crippen LogP contribution is -2.20. The first kappa shape index (κ1) is 9.98. The van der Waals surface area contributed by atoms with Crippen molar-refractivity contribution in [3.63, 3.8) is 0 Å². The Hall–Kier alpha value is -0.100. The van der Waals surface area contributed by atoms with Crippen LogP contribution in [-0.4, -0.2) is 5.11 Å². The number of rotatable bonds is 2. The summed E-state index contributed by atoms with van der Waals surface area (Å²) in [7, 11) is 0. The normalized spacial score (nSPS) is 10.2. The summed E-state index contributed by atoms with van der Waals surface area (Å²) >= 11 is 6.55. The summed E-state index contributed by atoms with van der Waals surface area (Å²) in [5.74, 6) is 5.36. The number of phenolic OH excluding ortho intramolecular Hbond substituents is 1. The van der Waals surface area contributed by atoms with E-state index in [0.717, 1.165) is 10.0 Å². The Morgan fingerprint density at radius 1 is 1.33 bits per heavy atom. The average Bonchev–Trinajstić information content (AvgIpc) is 2.01. The topological polar surface area (TPSA) is 58.3 Å². The van der Waals surface area contributed by atoms with Gasteiger partial charge in [-0.15, -0.1) is 0 Å². The highest BCUT2D eigenvalue weighted by Gasteiger charge is 2.04. The molecule has 0 saturated carbocycles. The van der Waals surface area contributed by atoms with Gasteiger partial charge in [0, 0.05) is 11.0 Å². The van der Waals surface area contributed by atoms with Gasteiger partial charge in [-0.2, -0.15) is 0 Å². The smallest absolute Gasteiger partial charge is 0.130 e. The second-order valence-electron chi connectivity index (χ2n) is 2.28. The number of benzene rings is 1. The lowest BCUT2D eigenvalue weighted by molar-refractivity contribution is 0.470. The van der Waals surface area contributed by atoms with E-state index in [-0.39, 0.29) is 5.75 Å². The number of phenols is 1. The van der Waals surface area contributed by atoms with E-state index in [1.807, 2.05) is 0 Å². The molecule has 0 aromatic heterocycles. The molecular weight excluding hydrogens is 288 g/mol. The molecule has 5 heteroatoms. The standard InChI is InChI=1S/C7H8Br2N2O/c8-5-2-6(9)7(12)1-4(5)3-11-10/h1-2,11-12H,3,10H2. The minimum atomic E-state index is 0.212. The summed E-state index contributed by atoms with van der Waals surface area (Å²) < 4.78 is 1.57. The molecule has 4 N–H and O–H groups in total. The maximum Gasteiger partial charge on any atom is 0.130 e. The SMILES string of the molecule is NNCc1cc(O)c(Br)cc1Br. The van der Waals surface area contributed by atoms with Gasteiger partial charge in [0.2, 0.25) is 0 Å². The van der Waals surface area contributed by atoms with Crippen LogP contribution in [0.5, 0.6) is 5.75 Å². The molecule has 1 rings (SSSR count). The molecule has 0 atom stereocenters. The molecule has 0 aliphatic heterocycles. The van der Waals surface area contributed by atoms with Crippen molar-refractivity contribution in [2.45, 2.75) is 6.54 Å². The van der Waals surface area contributed by atoms with Crippen LogP contribution < -0.4 is 11.3 Å². The predicted molar refractivity (Wildman–Crippen MR) is 54.5 cm³/mol. The maximum atomic E-state index is 9.31. The number of hydrazine groups is 1. The van der Waals surface area contributed by atoms with Gasteiger partial charge in [0.05, 0.1) is 4.47 Å². The maximum absolute atomic E-state index is 9.31. The van der Waals surface area contributed by atoms with Crippen molar-refractivity contribution in [1.29, 1.82) is 0 Å². The first-order valence-electron chi connectivity index (χ1n) is 3.25. The Morgan fingerprint density at radius 3 is 2.58 bits per heavy atom. The largest absolute Gasteiger partial charge is 0.507 e. The van der Waals surface area contributed by atoms with Gasteiger partial charge in [-0.1, -0.05) is 15.9 Å². The molecule has 0 heterocycles. The molecule has 0 aliphatic rings. The van der Waals surface area contributed by atoms with Gasteiger partial charge < -0.3 is 5.11 Å². The number of halogens is 2. The van der Waals surface area contributed by atoms with Crippen molar-refractivity contribution in [2.75, 3.05) is 0 Å². The number of nitrogens with two attached hydrogens (primary N) is 1. The molecule has 0 fully saturated rings. The molecule has 12 heavy (non-hydrogen) atoms. The van der Waals surface area contributed by atoms with Crippen molar-refractivity contribution in [1.82, 2.24) is 5.43 Å². The number of hydrogen-bond acceptors (Lipinski definition) is 3. The number of nitrogens with one attached hydrogen (secondary N) is 1. The molecule has 66 valence electrons. The molecule has 0 saturated heterocycles. The summed E-state index contributed by atoms with van der Waals surface area (Å²) in [6.45, 7) is 0.515. The summed E-state index contributed by atoms with van der Waals surface area (Å²) in [6, 6.07) is 3.43. The van der Waals surface area contributed by atoms with Crippen LogP contribution in [0.4, 0.5) is 0 Å². The fraction of sp³-hybridized carbons (Fsp3) is 0.143. The average molecular weight is 296 g/mol. The van der Waals surface area contributed by atoms with Crippen LogP contribution >= 0.6 is 31.9 Å². The van der Waals surface area contributed by atoms with Crippen LogP contribution in [-0.2, 0) is 6.54 Å². The second kappa shape index (κ2) is 4.23. The summed E-state index contributed by atoms with van der Waals surface area (Å²) in [5, 5.41) is 9.31. The highest BCUT2D eigenvalue weighted by Crippen LogP contribution is 2.30. The van der Waals surface area contributed by atoms with Gasteiger partial charge in [0.1, 0.15) is 5.75 Å². The molecule has 0 amide bonds. The van der Waals surface area contributed by atoms with Crippen LogP contribution in [0.1, 0.15) is 5.56 Å². The van der Waals surface area contributed by atoms with Gasteiger partial charge in [0.25, 0.3) is 0 Å². The fourth-order valence-electron chi connectivity index (χ4n) is 0.826. The third kappa shape index (κ3) is 2.20. The van der Waals surface area contributed by atoms with E-state index >= 15 is 0 Å². The van der Waals surface area contributed by atoms with Crippen LogP contribution in [0.2, 0.25) is 0 Å². The molecule has 0 aliphatic carbocycles. The first-order chi connectivity index (χ1) is 5.65. The Kier molecular flexibility index (Phi) is 3.52. The highest BCUT2D eigenvalue weighted by atomic mass is 79.9. The van der Waals surface area contributed by atoms with E-state index in [4.69, 9.17) is 5.84 Å². The zero-order chi connectivity index (χ0) is 9.14. The van der Waals surface area contributed by atoms with Crippen LogP contribution in [0.25, 0.3) is 0 Å². The first-order valence-corrected chi connectivity index (χ1v) is 4.84. The van der Waals surface area contributed by atoms with Crippen LogP contribution in [0.3, 0.4) is 0 Å². The third-order valence-electron chi connectivity index (χ3n) is 1.41. The molecule has 3 nitrogen and oxygen atoms in total. The summed E-state index contributed by atoms with van der Waals surface area (Å²) in [4.78, 5) is 0. The van der Waals surface area contributed by atoms with E-state index in [2.05, 4.69) is 37.3 Å². The molecular formula is C7H8Br2N2O. The molecule has 0 bridgehead atoms. The lowest BCUT2D eigenvalue weighted by atomic mass is 10.2. The molecule has 0 spiro atoms. The van der Waals surface area contributed by atoms with Gasteiger partial charge in [-0.05, 0) is 33.6 Å². The number of hydrogen-bond donors (Lipinski definition) is 3. The van der Waals surface area contributed by atoms with Crippen LogP contribution in [0, 0.1) is 0 Å². The third-order valence-corrected chi connectivity index (χ3v) is 2.78. The van der Waals surface area contributed by atoms with Gasteiger partial charge in [-0.3, -0.25) is 11.3 Å². The van der Waals surface area contributed by atoms with Crippen molar-refractivity contribution < 1.29 is 5.11 Å². The zero-order valence-electron chi connectivity index (χ0n) is 6.14. The predicted octanol–water partition coefficient (Wildman–Crippen LogP) is 1.88. The minimum Gasteiger partial charge on any atom is -0.507 e. The molecule has 1 aromatic carbocycles. The van der Waals surface area contributed by atoms with E-state index in [9.17, 15) is 5.11 Å². The summed E-state index contributed by atoms with van der Waals surface area (Å²) in [5.41, 5.74) is 3.43. The van der Waals surface area contributed by atoms with Gasteiger partial charge in [-0.25, -0.2) is 0 Å². The molecule has 0 radical (unpaired) electrons. The lowest BCUT2D eigenvalue weighted by Gasteiger charge is -2.05. The fourth-order valence-corrected chi connectivity index (χ4v) is 1.96. The zero-order valence-corrected chi connectivity index (χ0v) is 9.31. The van der Waals surface area contributed by atoms with E-state index in [1.54, 1.807) is 12.1 Å². The van der Waals surface area contributed by atoms with Crippen molar-refractivity contribution in [3.8, 4) is 5.75 Å². The highest BCUT2D eigenvalue weighted by molar-refractivity contribution is 9.11. The molecule has 0 unspecified atom stereocenters. The van der Waals surface area contributed by atoms with Crippen LogP contribution in [0.15, 0.2) is 21.1 Å². The van der Waals surface area contributed by atoms with E-state index in [0.29, 0.717) is 11.0 Å². The molecule has 1 aromatic rings. The van der Waals surface area contributed by atoms with E-state index < -0.39 is 0 Å².